The lowest BCUT2D eigenvalue weighted by molar-refractivity contribution is 0.0631. The molecule has 16 heavy (non-hydrogen) atoms. The van der Waals surface area contributed by atoms with Gasteiger partial charge in [-0.1, -0.05) is 6.92 Å². The molecule has 0 radical (unpaired) electrons. The van der Waals surface area contributed by atoms with Crippen molar-refractivity contribution in [2.75, 3.05) is 5.73 Å². The molecule has 0 bridgehead atoms. The highest BCUT2D eigenvalue weighted by atomic mass is 35.5. The molecule has 2 unspecified atom stereocenters. The van der Waals surface area contributed by atoms with Crippen molar-refractivity contribution in [2.45, 2.75) is 25.8 Å². The molecule has 1 aliphatic carbocycles. The molecule has 0 aromatic carbocycles. The SMILES string of the molecule is CC1(C(F)F)CC1n1cccc(N)c1=O.Cl. The van der Waals surface area contributed by atoms with E-state index in [9.17, 15) is 13.6 Å². The third-order valence-corrected chi connectivity index (χ3v) is 3.07. The molecule has 0 aliphatic heterocycles. The summed E-state index contributed by atoms with van der Waals surface area (Å²) >= 11 is 0. The maximum atomic E-state index is 12.6. The van der Waals surface area contributed by atoms with Gasteiger partial charge in [0.15, 0.2) is 0 Å². The van der Waals surface area contributed by atoms with Crippen LogP contribution in [0, 0.1) is 5.41 Å². The van der Waals surface area contributed by atoms with E-state index in [1.54, 1.807) is 6.07 Å². The zero-order valence-electron chi connectivity index (χ0n) is 8.69. The van der Waals surface area contributed by atoms with Crippen LogP contribution >= 0.6 is 12.4 Å². The van der Waals surface area contributed by atoms with Crippen molar-refractivity contribution in [1.29, 1.82) is 0 Å². The first kappa shape index (κ1) is 13.0. The van der Waals surface area contributed by atoms with Crippen molar-refractivity contribution in [1.82, 2.24) is 4.57 Å². The van der Waals surface area contributed by atoms with E-state index in [0.717, 1.165) is 0 Å². The van der Waals surface area contributed by atoms with Gasteiger partial charge in [0.1, 0.15) is 0 Å². The molecule has 2 N–H and O–H groups in total. The lowest BCUT2D eigenvalue weighted by atomic mass is 10.1. The number of alkyl halides is 2. The molecule has 90 valence electrons. The van der Waals surface area contributed by atoms with Crippen LogP contribution in [-0.2, 0) is 0 Å². The van der Waals surface area contributed by atoms with E-state index in [1.807, 2.05) is 0 Å². The monoisotopic (exact) mass is 250 g/mol. The normalized spacial score (nSPS) is 27.6. The minimum atomic E-state index is -2.41. The number of anilines is 1. The van der Waals surface area contributed by atoms with Crippen LogP contribution in [0.5, 0.6) is 0 Å². The van der Waals surface area contributed by atoms with E-state index in [4.69, 9.17) is 5.73 Å². The topological polar surface area (TPSA) is 48.0 Å². The molecule has 3 nitrogen and oxygen atoms in total. The summed E-state index contributed by atoms with van der Waals surface area (Å²) in [4.78, 5) is 11.6. The molecule has 2 rings (SSSR count). The van der Waals surface area contributed by atoms with Crippen LogP contribution in [0.1, 0.15) is 19.4 Å². The third-order valence-electron chi connectivity index (χ3n) is 3.07. The fourth-order valence-electron chi connectivity index (χ4n) is 1.78. The number of hydrogen-bond acceptors (Lipinski definition) is 2. The van der Waals surface area contributed by atoms with Crippen LogP contribution in [0.3, 0.4) is 0 Å². The Bertz CT molecular complexity index is 449. The molecule has 1 aromatic heterocycles. The highest BCUT2D eigenvalue weighted by molar-refractivity contribution is 5.85. The summed E-state index contributed by atoms with van der Waals surface area (Å²) in [6.07, 6.45) is -0.568. The molecule has 1 saturated carbocycles. The standard InChI is InChI=1S/C10H12F2N2O.ClH/c1-10(9(11)12)5-7(10)14-4-2-3-6(13)8(14)15;/h2-4,7,9H,5,13H2,1H3;1H. The summed E-state index contributed by atoms with van der Waals surface area (Å²) in [6.45, 7) is 1.48. The van der Waals surface area contributed by atoms with Crippen molar-refractivity contribution in [2.24, 2.45) is 5.41 Å². The average molecular weight is 251 g/mol. The third kappa shape index (κ3) is 1.80. The summed E-state index contributed by atoms with van der Waals surface area (Å²) < 4.78 is 26.6. The first-order chi connectivity index (χ1) is 6.97. The predicted octanol–water partition coefficient (Wildman–Crippen LogP) is 2.07. The molecular weight excluding hydrogens is 238 g/mol. The number of nitrogens with zero attached hydrogens (tertiary/aromatic N) is 1. The van der Waals surface area contributed by atoms with Crippen molar-refractivity contribution in [3.63, 3.8) is 0 Å². The van der Waals surface area contributed by atoms with Gasteiger partial charge in [0.25, 0.3) is 5.56 Å². The Kier molecular flexibility index (Phi) is 3.28. The second kappa shape index (κ2) is 4.05. The van der Waals surface area contributed by atoms with Gasteiger partial charge in [0, 0.05) is 12.2 Å². The van der Waals surface area contributed by atoms with E-state index in [0.29, 0.717) is 6.42 Å². The Morgan fingerprint density at radius 3 is 2.75 bits per heavy atom. The molecule has 6 heteroatoms. The van der Waals surface area contributed by atoms with E-state index in [2.05, 4.69) is 0 Å². The van der Waals surface area contributed by atoms with E-state index >= 15 is 0 Å². The minimum absolute atomic E-state index is 0. The average Bonchev–Trinajstić information content (AvgIpc) is 2.84. The zero-order valence-corrected chi connectivity index (χ0v) is 9.51. The molecule has 1 fully saturated rings. The Morgan fingerprint density at radius 1 is 1.62 bits per heavy atom. The quantitative estimate of drug-likeness (QED) is 0.874. The van der Waals surface area contributed by atoms with Crippen molar-refractivity contribution < 1.29 is 8.78 Å². The zero-order chi connectivity index (χ0) is 11.2. The smallest absolute Gasteiger partial charge is 0.273 e. The van der Waals surface area contributed by atoms with E-state index < -0.39 is 17.9 Å². The van der Waals surface area contributed by atoms with Gasteiger partial charge in [-0.2, -0.15) is 0 Å². The number of rotatable bonds is 2. The number of hydrogen-bond donors (Lipinski definition) is 1. The van der Waals surface area contributed by atoms with Gasteiger partial charge >= 0.3 is 0 Å². The van der Waals surface area contributed by atoms with Gasteiger partial charge in [-0.05, 0) is 18.6 Å². The number of nitrogen functional groups attached to an aromatic ring is 1. The Morgan fingerprint density at radius 2 is 2.25 bits per heavy atom. The van der Waals surface area contributed by atoms with Gasteiger partial charge in [-0.15, -0.1) is 12.4 Å². The summed E-state index contributed by atoms with van der Waals surface area (Å²) in [5.41, 5.74) is 4.07. The van der Waals surface area contributed by atoms with Crippen LogP contribution in [0.25, 0.3) is 0 Å². The molecule has 0 saturated heterocycles. The molecule has 2 atom stereocenters. The first-order valence-corrected chi connectivity index (χ1v) is 4.71. The van der Waals surface area contributed by atoms with Crippen LogP contribution < -0.4 is 11.3 Å². The summed E-state index contributed by atoms with van der Waals surface area (Å²) in [7, 11) is 0. The second-order valence-electron chi connectivity index (χ2n) is 4.20. The lowest BCUT2D eigenvalue weighted by Crippen LogP contribution is -2.24. The van der Waals surface area contributed by atoms with E-state index in [-0.39, 0.29) is 23.7 Å². The predicted molar refractivity (Wildman–Crippen MR) is 60.1 cm³/mol. The van der Waals surface area contributed by atoms with Gasteiger partial charge in [-0.3, -0.25) is 4.79 Å². The van der Waals surface area contributed by atoms with Crippen LogP contribution in [-0.4, -0.2) is 11.0 Å². The molecule has 0 spiro atoms. The van der Waals surface area contributed by atoms with Crippen LogP contribution in [0.4, 0.5) is 14.5 Å². The number of nitrogens with two attached hydrogens (primary N) is 1. The fourth-order valence-corrected chi connectivity index (χ4v) is 1.78. The van der Waals surface area contributed by atoms with Gasteiger partial charge in [0.2, 0.25) is 6.43 Å². The van der Waals surface area contributed by atoms with E-state index in [1.165, 1.54) is 23.8 Å². The molecule has 1 heterocycles. The highest BCUT2D eigenvalue weighted by Gasteiger charge is 2.58. The van der Waals surface area contributed by atoms with Crippen molar-refractivity contribution in [3.05, 3.63) is 28.7 Å². The Hall–Kier alpha value is -1.10. The maximum absolute atomic E-state index is 12.6. The van der Waals surface area contributed by atoms with Gasteiger partial charge < -0.3 is 10.3 Å². The number of halogens is 3. The second-order valence-corrected chi connectivity index (χ2v) is 4.20. The molecular formula is C10H13ClF2N2O. The summed E-state index contributed by atoms with van der Waals surface area (Å²) in [5.74, 6) is 0. The molecule has 1 aromatic rings. The largest absolute Gasteiger partial charge is 0.394 e. The molecule has 1 aliphatic rings. The number of pyridine rings is 1. The van der Waals surface area contributed by atoms with Gasteiger partial charge in [0.05, 0.1) is 11.1 Å². The Balaban J connectivity index is 0.00000128. The number of aromatic nitrogens is 1. The van der Waals surface area contributed by atoms with Crippen LogP contribution in [0.2, 0.25) is 0 Å². The minimum Gasteiger partial charge on any atom is -0.394 e. The van der Waals surface area contributed by atoms with Crippen molar-refractivity contribution in [3.8, 4) is 0 Å². The maximum Gasteiger partial charge on any atom is 0.273 e. The lowest BCUT2D eigenvalue weighted by Gasteiger charge is -2.11. The summed E-state index contributed by atoms with van der Waals surface area (Å²) in [5, 5.41) is 0. The van der Waals surface area contributed by atoms with Crippen LogP contribution in [0.15, 0.2) is 23.1 Å². The Labute approximate surface area is 97.7 Å². The summed E-state index contributed by atoms with van der Waals surface area (Å²) in [6, 6.07) is 2.65. The fraction of sp³-hybridized carbons (Fsp3) is 0.500. The first-order valence-electron chi connectivity index (χ1n) is 4.71. The molecule has 0 amide bonds. The van der Waals surface area contributed by atoms with Gasteiger partial charge in [-0.25, -0.2) is 8.78 Å². The van der Waals surface area contributed by atoms with Crippen molar-refractivity contribution >= 4 is 18.1 Å². The highest BCUT2D eigenvalue weighted by Crippen LogP contribution is 2.59.